The molecule has 0 bridgehead atoms. The van der Waals surface area contributed by atoms with Gasteiger partial charge in [0.2, 0.25) is 15.9 Å². The van der Waals surface area contributed by atoms with Crippen LogP contribution in [0.4, 0.5) is 20.2 Å². The molecule has 1 aromatic heterocycles. The van der Waals surface area contributed by atoms with Crippen LogP contribution in [-0.4, -0.2) is 41.1 Å². The molecule has 0 fully saturated rings. The van der Waals surface area contributed by atoms with Crippen LogP contribution in [0.5, 0.6) is 0 Å². The number of aryl methyl sites for hydroxylation is 1. The Morgan fingerprint density at radius 3 is 2.45 bits per heavy atom. The molecule has 0 radical (unpaired) electrons. The lowest BCUT2D eigenvalue weighted by Crippen LogP contribution is -2.30. The number of carbonyl (C=O) groups excluding carboxylic acids is 1. The molecule has 0 aliphatic carbocycles. The van der Waals surface area contributed by atoms with E-state index in [2.05, 4.69) is 15.5 Å². The van der Waals surface area contributed by atoms with Crippen molar-refractivity contribution >= 4 is 39.1 Å². The highest BCUT2D eigenvalue weighted by atomic mass is 32.2. The molecule has 12 heteroatoms. The van der Waals surface area contributed by atoms with E-state index in [1.807, 2.05) is 26.0 Å². The van der Waals surface area contributed by atoms with Gasteiger partial charge in [-0.25, -0.2) is 17.2 Å². The second-order valence-corrected chi connectivity index (χ2v) is 10.1. The van der Waals surface area contributed by atoms with E-state index in [-0.39, 0.29) is 18.0 Å². The van der Waals surface area contributed by atoms with Gasteiger partial charge in [0, 0.05) is 12.6 Å². The van der Waals surface area contributed by atoms with Crippen molar-refractivity contribution in [3.05, 3.63) is 65.5 Å². The van der Waals surface area contributed by atoms with Gasteiger partial charge in [-0.2, -0.15) is 0 Å². The Hall–Kier alpha value is -2.99. The number of benzene rings is 2. The minimum atomic E-state index is -3.59. The molecule has 3 rings (SSSR count). The van der Waals surface area contributed by atoms with Gasteiger partial charge in [-0.1, -0.05) is 29.5 Å². The second-order valence-electron chi connectivity index (χ2n) is 7.21. The summed E-state index contributed by atoms with van der Waals surface area (Å²) in [5.74, 6) is -1.80. The summed E-state index contributed by atoms with van der Waals surface area (Å²) in [6, 6.07) is 9.96. The van der Waals surface area contributed by atoms with E-state index in [1.165, 1.54) is 4.31 Å². The maximum atomic E-state index is 13.7. The third kappa shape index (κ3) is 6.29. The van der Waals surface area contributed by atoms with Gasteiger partial charge in [0.25, 0.3) is 0 Å². The summed E-state index contributed by atoms with van der Waals surface area (Å²) in [7, 11) is -3.59. The molecule has 1 heterocycles. The number of anilines is 2. The molecule has 0 atom stereocenters. The van der Waals surface area contributed by atoms with Crippen LogP contribution >= 0.6 is 11.8 Å². The Bertz CT molecular complexity index is 1250. The van der Waals surface area contributed by atoms with Crippen LogP contribution in [0.2, 0.25) is 0 Å². The van der Waals surface area contributed by atoms with Crippen molar-refractivity contribution in [2.75, 3.05) is 21.6 Å². The molecular weight excluding hydrogens is 472 g/mol. The number of carbonyl (C=O) groups is 1. The van der Waals surface area contributed by atoms with Crippen LogP contribution in [0.1, 0.15) is 18.3 Å². The number of hydrogen-bond donors (Lipinski definition) is 1. The molecule has 1 N–H and O–H groups in total. The average molecular weight is 496 g/mol. The predicted molar refractivity (Wildman–Crippen MR) is 124 cm³/mol. The van der Waals surface area contributed by atoms with Crippen molar-refractivity contribution in [1.29, 1.82) is 0 Å². The standard InChI is InChI=1S/C21H23F2N5O3S2/c1-4-27-19(12-28(33(3,30)31)16-8-5-14(2)6-9-16)25-26-21(27)32-13-20(29)24-18-10-7-15(22)11-17(18)23/h5-11H,4,12-13H2,1-3H3,(H,24,29). The third-order valence-electron chi connectivity index (χ3n) is 4.65. The Kier molecular flexibility index (Phi) is 7.69. The maximum absolute atomic E-state index is 13.7. The molecule has 3 aromatic rings. The lowest BCUT2D eigenvalue weighted by atomic mass is 10.2. The van der Waals surface area contributed by atoms with Crippen LogP contribution in [0.3, 0.4) is 0 Å². The minimum absolute atomic E-state index is 0.0315. The fourth-order valence-corrected chi connectivity index (χ4v) is 4.68. The molecule has 176 valence electrons. The largest absolute Gasteiger partial charge is 0.323 e. The van der Waals surface area contributed by atoms with Crippen molar-refractivity contribution in [2.45, 2.75) is 32.1 Å². The third-order valence-corrected chi connectivity index (χ3v) is 6.76. The fraction of sp³-hybridized carbons (Fsp3) is 0.286. The quantitative estimate of drug-likeness (QED) is 0.456. The van der Waals surface area contributed by atoms with E-state index in [4.69, 9.17) is 0 Å². The van der Waals surface area contributed by atoms with Crippen molar-refractivity contribution in [3.8, 4) is 0 Å². The number of nitrogens with one attached hydrogen (secondary N) is 1. The van der Waals surface area contributed by atoms with Crippen molar-refractivity contribution in [1.82, 2.24) is 14.8 Å². The summed E-state index contributed by atoms with van der Waals surface area (Å²) in [4.78, 5) is 12.2. The number of sulfonamides is 1. The first-order valence-electron chi connectivity index (χ1n) is 9.92. The molecule has 2 aromatic carbocycles. The smallest absolute Gasteiger partial charge is 0.234 e. The first-order valence-corrected chi connectivity index (χ1v) is 12.8. The Balaban J connectivity index is 1.73. The maximum Gasteiger partial charge on any atom is 0.234 e. The summed E-state index contributed by atoms with van der Waals surface area (Å²) in [6.45, 7) is 4.18. The van der Waals surface area contributed by atoms with Crippen LogP contribution in [0, 0.1) is 18.6 Å². The van der Waals surface area contributed by atoms with E-state index >= 15 is 0 Å². The molecule has 0 saturated heterocycles. The number of thioether (sulfide) groups is 1. The molecule has 8 nitrogen and oxygen atoms in total. The Morgan fingerprint density at radius 1 is 1.15 bits per heavy atom. The highest BCUT2D eigenvalue weighted by Gasteiger charge is 2.22. The Morgan fingerprint density at radius 2 is 1.85 bits per heavy atom. The van der Waals surface area contributed by atoms with Crippen LogP contribution in [0.25, 0.3) is 0 Å². The van der Waals surface area contributed by atoms with Crippen molar-refractivity contribution in [3.63, 3.8) is 0 Å². The molecule has 1 amide bonds. The van der Waals surface area contributed by atoms with Gasteiger partial charge >= 0.3 is 0 Å². The number of nitrogens with zero attached hydrogens (tertiary/aromatic N) is 4. The molecule has 0 unspecified atom stereocenters. The summed E-state index contributed by atoms with van der Waals surface area (Å²) in [5, 5.41) is 11.0. The first kappa shape index (κ1) is 24.6. The number of halogens is 2. The zero-order chi connectivity index (χ0) is 24.2. The van der Waals surface area contributed by atoms with Gasteiger partial charge in [-0.05, 0) is 38.1 Å². The molecule has 0 spiro atoms. The monoisotopic (exact) mass is 495 g/mol. The molecule has 0 aliphatic heterocycles. The topological polar surface area (TPSA) is 97.2 Å². The van der Waals surface area contributed by atoms with Crippen molar-refractivity contribution in [2.24, 2.45) is 0 Å². The summed E-state index contributed by atoms with van der Waals surface area (Å²) in [6.07, 6.45) is 1.12. The highest BCUT2D eigenvalue weighted by molar-refractivity contribution is 7.99. The number of aromatic nitrogens is 3. The van der Waals surface area contributed by atoms with Gasteiger partial charge in [-0.15, -0.1) is 10.2 Å². The minimum Gasteiger partial charge on any atom is -0.323 e. The fourth-order valence-electron chi connectivity index (χ4n) is 3.01. The molecule has 33 heavy (non-hydrogen) atoms. The van der Waals surface area contributed by atoms with E-state index in [1.54, 1.807) is 16.7 Å². The zero-order valence-electron chi connectivity index (χ0n) is 18.2. The van der Waals surface area contributed by atoms with Crippen molar-refractivity contribution < 1.29 is 22.0 Å². The highest BCUT2D eigenvalue weighted by Crippen LogP contribution is 2.23. The molecule has 0 aliphatic rings. The van der Waals surface area contributed by atoms with Crippen LogP contribution in [0.15, 0.2) is 47.6 Å². The summed E-state index contributed by atoms with van der Waals surface area (Å²) >= 11 is 1.07. The van der Waals surface area contributed by atoms with Crippen LogP contribution in [-0.2, 0) is 27.9 Å². The van der Waals surface area contributed by atoms with E-state index in [0.29, 0.717) is 29.3 Å². The predicted octanol–water partition coefficient (Wildman–Crippen LogP) is 3.58. The molecule has 0 saturated carbocycles. The van der Waals surface area contributed by atoms with E-state index in [9.17, 15) is 22.0 Å². The SMILES string of the molecule is CCn1c(CN(c2ccc(C)cc2)S(C)(=O)=O)nnc1SCC(=O)Nc1ccc(F)cc1F. The normalized spacial score (nSPS) is 11.4. The zero-order valence-corrected chi connectivity index (χ0v) is 19.9. The van der Waals surface area contributed by atoms with E-state index < -0.39 is 27.6 Å². The van der Waals surface area contributed by atoms with Gasteiger partial charge < -0.3 is 9.88 Å². The number of rotatable bonds is 9. The lowest BCUT2D eigenvalue weighted by molar-refractivity contribution is -0.113. The number of amides is 1. The Labute approximate surface area is 195 Å². The van der Waals surface area contributed by atoms with Gasteiger partial charge in [0.15, 0.2) is 11.0 Å². The summed E-state index contributed by atoms with van der Waals surface area (Å²) in [5.41, 5.74) is 1.38. The average Bonchev–Trinajstić information content (AvgIpc) is 3.14. The molecular formula is C21H23F2N5O3S2. The van der Waals surface area contributed by atoms with Gasteiger partial charge in [-0.3, -0.25) is 9.10 Å². The first-order chi connectivity index (χ1) is 15.6. The van der Waals surface area contributed by atoms with Crippen LogP contribution < -0.4 is 9.62 Å². The summed E-state index contributed by atoms with van der Waals surface area (Å²) < 4.78 is 54.5. The second kappa shape index (κ2) is 10.3. The van der Waals surface area contributed by atoms with Gasteiger partial charge in [0.1, 0.15) is 11.6 Å². The van der Waals surface area contributed by atoms with E-state index in [0.717, 1.165) is 35.7 Å². The number of hydrogen-bond acceptors (Lipinski definition) is 6. The van der Waals surface area contributed by atoms with Gasteiger partial charge in [0.05, 0.1) is 29.9 Å². The lowest BCUT2D eigenvalue weighted by Gasteiger charge is -2.22.